The Kier molecular flexibility index (Phi) is 5.65. The highest BCUT2D eigenvalue weighted by molar-refractivity contribution is 5.80. The Morgan fingerprint density at radius 2 is 1.85 bits per heavy atom. The fraction of sp³-hybridized carbons (Fsp3) is 0.0952. The molecule has 1 amide bonds. The lowest BCUT2D eigenvalue weighted by molar-refractivity contribution is -0.116. The molecular formula is C21H19N5O. The Morgan fingerprint density at radius 3 is 2.59 bits per heavy atom. The molecule has 1 heterocycles. The van der Waals surface area contributed by atoms with Crippen molar-refractivity contribution >= 4 is 23.1 Å². The minimum atomic E-state index is -0.396. The highest BCUT2D eigenvalue weighted by atomic mass is 16.1. The topological polar surface area (TPSA) is 95.0 Å². The Labute approximate surface area is 157 Å². The normalized spacial score (nSPS) is 10.0. The zero-order valence-corrected chi connectivity index (χ0v) is 14.7. The molecule has 3 N–H and O–H groups in total. The van der Waals surface area contributed by atoms with Gasteiger partial charge in [-0.2, -0.15) is 5.26 Å². The van der Waals surface area contributed by atoms with E-state index in [-0.39, 0.29) is 6.54 Å². The van der Waals surface area contributed by atoms with E-state index in [1.54, 1.807) is 18.2 Å². The van der Waals surface area contributed by atoms with Crippen molar-refractivity contribution < 1.29 is 4.79 Å². The van der Waals surface area contributed by atoms with Gasteiger partial charge < -0.3 is 16.0 Å². The molecular weight excluding hydrogens is 338 g/mol. The van der Waals surface area contributed by atoms with Gasteiger partial charge in [-0.15, -0.1) is 0 Å². The molecule has 0 saturated carbocycles. The maximum atomic E-state index is 11.5. The van der Waals surface area contributed by atoms with E-state index in [0.717, 1.165) is 16.9 Å². The number of carbonyl (C=O) groups excluding carboxylic acids is 1. The van der Waals surface area contributed by atoms with E-state index in [4.69, 9.17) is 11.0 Å². The summed E-state index contributed by atoms with van der Waals surface area (Å²) in [7, 11) is 0. The van der Waals surface area contributed by atoms with E-state index < -0.39 is 5.91 Å². The van der Waals surface area contributed by atoms with E-state index in [1.165, 1.54) is 0 Å². The molecule has 0 aliphatic carbocycles. The second-order valence-corrected chi connectivity index (χ2v) is 6.00. The van der Waals surface area contributed by atoms with Crippen LogP contribution in [0.3, 0.4) is 0 Å². The van der Waals surface area contributed by atoms with Gasteiger partial charge in [-0.05, 0) is 35.9 Å². The van der Waals surface area contributed by atoms with Crippen LogP contribution in [0.1, 0.15) is 11.3 Å². The molecule has 3 rings (SSSR count). The lowest BCUT2D eigenvalue weighted by Gasteiger charge is -2.24. The number of amides is 1. The van der Waals surface area contributed by atoms with Gasteiger partial charge in [-0.3, -0.25) is 4.79 Å². The summed E-state index contributed by atoms with van der Waals surface area (Å²) in [6.45, 7) is 0.677. The van der Waals surface area contributed by atoms with Crippen LogP contribution in [0, 0.1) is 11.3 Å². The van der Waals surface area contributed by atoms with E-state index in [2.05, 4.69) is 10.3 Å². The molecule has 6 nitrogen and oxygen atoms in total. The van der Waals surface area contributed by atoms with Gasteiger partial charge in [0.2, 0.25) is 5.91 Å². The molecule has 0 bridgehead atoms. The number of primary amides is 1. The fourth-order valence-corrected chi connectivity index (χ4v) is 2.73. The van der Waals surface area contributed by atoms with Crippen LogP contribution in [0.15, 0.2) is 72.8 Å². The number of carbonyl (C=O) groups is 1. The Morgan fingerprint density at radius 1 is 1.07 bits per heavy atom. The molecule has 0 spiro atoms. The van der Waals surface area contributed by atoms with Crippen LogP contribution >= 0.6 is 0 Å². The Balaban J connectivity index is 1.84. The molecule has 0 saturated heterocycles. The predicted octanol–water partition coefficient (Wildman–Crippen LogP) is 3.19. The SMILES string of the molecule is N#Cc1cccc(Nc2cccc(N(CC(N)=O)Cc3ccccc3)c2)n1. The maximum absolute atomic E-state index is 11.5. The number of nitrogens with one attached hydrogen (secondary N) is 1. The predicted molar refractivity (Wildman–Crippen MR) is 105 cm³/mol. The molecule has 3 aromatic rings. The van der Waals surface area contributed by atoms with Gasteiger partial charge >= 0.3 is 0 Å². The second-order valence-electron chi connectivity index (χ2n) is 6.00. The van der Waals surface area contributed by atoms with Gasteiger partial charge in [0, 0.05) is 17.9 Å². The van der Waals surface area contributed by atoms with Crippen molar-refractivity contribution in [2.75, 3.05) is 16.8 Å². The number of nitriles is 1. The van der Waals surface area contributed by atoms with Crippen LogP contribution in [-0.4, -0.2) is 17.4 Å². The van der Waals surface area contributed by atoms with Gasteiger partial charge in [0.05, 0.1) is 6.54 Å². The Hall–Kier alpha value is -3.85. The van der Waals surface area contributed by atoms with E-state index >= 15 is 0 Å². The highest BCUT2D eigenvalue weighted by Crippen LogP contribution is 2.23. The molecule has 1 aromatic heterocycles. The summed E-state index contributed by atoms with van der Waals surface area (Å²) >= 11 is 0. The molecule has 2 aromatic carbocycles. The summed E-state index contributed by atoms with van der Waals surface area (Å²) in [4.78, 5) is 17.7. The summed E-state index contributed by atoms with van der Waals surface area (Å²) in [6.07, 6.45) is 0. The monoisotopic (exact) mass is 357 g/mol. The first kappa shape index (κ1) is 18.0. The number of aromatic nitrogens is 1. The van der Waals surface area contributed by atoms with Crippen molar-refractivity contribution in [3.05, 3.63) is 84.1 Å². The third-order valence-electron chi connectivity index (χ3n) is 3.91. The van der Waals surface area contributed by atoms with Gasteiger partial charge in [0.25, 0.3) is 0 Å². The smallest absolute Gasteiger partial charge is 0.236 e. The first-order chi connectivity index (χ1) is 13.1. The molecule has 0 aliphatic heterocycles. The summed E-state index contributed by atoms with van der Waals surface area (Å²) in [6, 6.07) is 24.8. The highest BCUT2D eigenvalue weighted by Gasteiger charge is 2.11. The number of rotatable bonds is 7. The third kappa shape index (κ3) is 5.06. The zero-order chi connectivity index (χ0) is 19.1. The molecule has 0 radical (unpaired) electrons. The van der Waals surface area contributed by atoms with Crippen molar-refractivity contribution in [2.24, 2.45) is 5.73 Å². The first-order valence-corrected chi connectivity index (χ1v) is 8.45. The van der Waals surface area contributed by atoms with Crippen molar-refractivity contribution in [3.63, 3.8) is 0 Å². The van der Waals surface area contributed by atoms with Crippen LogP contribution in [0.4, 0.5) is 17.2 Å². The van der Waals surface area contributed by atoms with E-state index in [1.807, 2.05) is 65.6 Å². The molecule has 134 valence electrons. The summed E-state index contributed by atoms with van der Waals surface area (Å²) in [5.41, 5.74) is 8.53. The van der Waals surface area contributed by atoms with Gasteiger partial charge in [0.15, 0.2) is 0 Å². The lowest BCUT2D eigenvalue weighted by atomic mass is 10.2. The van der Waals surface area contributed by atoms with Crippen molar-refractivity contribution in [2.45, 2.75) is 6.54 Å². The molecule has 0 unspecified atom stereocenters. The zero-order valence-electron chi connectivity index (χ0n) is 14.7. The van der Waals surface area contributed by atoms with E-state index in [0.29, 0.717) is 18.1 Å². The quantitative estimate of drug-likeness (QED) is 0.677. The lowest BCUT2D eigenvalue weighted by Crippen LogP contribution is -2.33. The van der Waals surface area contributed by atoms with Gasteiger partial charge in [-0.1, -0.05) is 42.5 Å². The average molecular weight is 357 g/mol. The number of anilines is 3. The number of nitrogens with two attached hydrogens (primary N) is 1. The summed E-state index contributed by atoms with van der Waals surface area (Å²) < 4.78 is 0. The van der Waals surface area contributed by atoms with Crippen LogP contribution < -0.4 is 16.0 Å². The first-order valence-electron chi connectivity index (χ1n) is 8.45. The maximum Gasteiger partial charge on any atom is 0.236 e. The largest absolute Gasteiger partial charge is 0.368 e. The standard InChI is InChI=1S/C21H19N5O/c22-13-18-9-5-11-21(25-18)24-17-8-4-10-19(12-17)26(15-20(23)27)14-16-6-2-1-3-7-16/h1-12H,14-15H2,(H2,23,27)(H,24,25). The van der Waals surface area contributed by atoms with Gasteiger partial charge in [-0.25, -0.2) is 4.98 Å². The number of pyridine rings is 1. The van der Waals surface area contributed by atoms with Crippen LogP contribution in [0.5, 0.6) is 0 Å². The van der Waals surface area contributed by atoms with Gasteiger partial charge in [0.1, 0.15) is 17.6 Å². The van der Waals surface area contributed by atoms with Crippen LogP contribution in [0.25, 0.3) is 0 Å². The average Bonchev–Trinajstić information content (AvgIpc) is 2.68. The van der Waals surface area contributed by atoms with E-state index in [9.17, 15) is 4.79 Å². The number of hydrogen-bond acceptors (Lipinski definition) is 5. The minimum Gasteiger partial charge on any atom is -0.368 e. The van der Waals surface area contributed by atoms with Crippen LogP contribution in [0.2, 0.25) is 0 Å². The molecule has 0 aliphatic rings. The second kappa shape index (κ2) is 8.50. The van der Waals surface area contributed by atoms with Crippen molar-refractivity contribution in [1.29, 1.82) is 5.26 Å². The van der Waals surface area contributed by atoms with Crippen molar-refractivity contribution in [3.8, 4) is 6.07 Å². The van der Waals surface area contributed by atoms with Crippen LogP contribution in [-0.2, 0) is 11.3 Å². The third-order valence-corrected chi connectivity index (χ3v) is 3.91. The molecule has 27 heavy (non-hydrogen) atoms. The number of benzene rings is 2. The molecule has 6 heteroatoms. The molecule has 0 atom stereocenters. The van der Waals surface area contributed by atoms with Crippen molar-refractivity contribution in [1.82, 2.24) is 4.98 Å². The summed E-state index contributed by atoms with van der Waals surface area (Å²) in [5, 5.41) is 12.2. The Bertz CT molecular complexity index is 966. The number of nitrogens with zero attached hydrogens (tertiary/aromatic N) is 3. The minimum absolute atomic E-state index is 0.112. The fourth-order valence-electron chi connectivity index (χ4n) is 2.73. The molecule has 0 fully saturated rings. The number of hydrogen-bond donors (Lipinski definition) is 2. The summed E-state index contributed by atoms with van der Waals surface area (Å²) in [5.74, 6) is 0.184.